The molecule has 0 aliphatic carbocycles. The second kappa shape index (κ2) is 5.74. The predicted octanol–water partition coefficient (Wildman–Crippen LogP) is 1.85. The molecule has 2 rings (SSSR count). The van der Waals surface area contributed by atoms with Crippen molar-refractivity contribution >= 4 is 11.6 Å². The second-order valence-electron chi connectivity index (χ2n) is 5.57. The number of aliphatic hydroxyl groups is 1. The zero-order valence-corrected chi connectivity index (χ0v) is 12.2. The van der Waals surface area contributed by atoms with Crippen molar-refractivity contribution < 1.29 is 5.11 Å². The van der Waals surface area contributed by atoms with Crippen molar-refractivity contribution in [3.63, 3.8) is 0 Å². The topological polar surface area (TPSA) is 61.3 Å². The summed E-state index contributed by atoms with van der Waals surface area (Å²) in [6.45, 7) is 7.62. The number of nitrogens with zero attached hydrogens (tertiary/aromatic N) is 3. The van der Waals surface area contributed by atoms with Gasteiger partial charge in [-0.05, 0) is 18.3 Å². The van der Waals surface area contributed by atoms with E-state index in [0.717, 1.165) is 30.2 Å². The van der Waals surface area contributed by atoms with Crippen LogP contribution in [-0.2, 0) is 0 Å². The number of nitrogens with one attached hydrogen (secondary N) is 1. The minimum atomic E-state index is 0.164. The molecular weight excluding hydrogens is 240 g/mol. The average Bonchev–Trinajstić information content (AvgIpc) is 2.78. The van der Waals surface area contributed by atoms with Gasteiger partial charge in [0.15, 0.2) is 0 Å². The van der Waals surface area contributed by atoms with Gasteiger partial charge in [-0.2, -0.15) is 0 Å². The SMILES string of the molecule is CNc1ncnc(N2CCC(C)C2CO)c1C(C)C. The molecule has 0 amide bonds. The Morgan fingerprint density at radius 1 is 1.47 bits per heavy atom. The first kappa shape index (κ1) is 14.1. The van der Waals surface area contributed by atoms with Crippen molar-refractivity contribution in [1.82, 2.24) is 9.97 Å². The van der Waals surface area contributed by atoms with Gasteiger partial charge in [-0.3, -0.25) is 0 Å². The first-order chi connectivity index (χ1) is 9.10. The van der Waals surface area contributed by atoms with E-state index in [1.165, 1.54) is 0 Å². The standard InChI is InChI=1S/C14H24N4O/c1-9(2)12-13(15-4)16-8-17-14(12)18-6-5-10(3)11(18)7-19/h8-11,19H,5-7H2,1-4H3,(H,15,16,17). The molecule has 5 heteroatoms. The van der Waals surface area contributed by atoms with Gasteiger partial charge in [0, 0.05) is 19.2 Å². The maximum absolute atomic E-state index is 9.62. The van der Waals surface area contributed by atoms with E-state index < -0.39 is 0 Å². The predicted molar refractivity (Wildman–Crippen MR) is 77.7 cm³/mol. The minimum Gasteiger partial charge on any atom is -0.394 e. The lowest BCUT2D eigenvalue weighted by Gasteiger charge is -2.29. The third kappa shape index (κ3) is 2.52. The van der Waals surface area contributed by atoms with Gasteiger partial charge >= 0.3 is 0 Å². The van der Waals surface area contributed by atoms with E-state index in [4.69, 9.17) is 0 Å². The Morgan fingerprint density at radius 2 is 2.21 bits per heavy atom. The molecule has 0 saturated carbocycles. The Hall–Kier alpha value is -1.36. The Morgan fingerprint density at radius 3 is 2.79 bits per heavy atom. The van der Waals surface area contributed by atoms with Gasteiger partial charge in [0.25, 0.3) is 0 Å². The van der Waals surface area contributed by atoms with Crippen LogP contribution < -0.4 is 10.2 Å². The largest absolute Gasteiger partial charge is 0.394 e. The quantitative estimate of drug-likeness (QED) is 0.869. The number of anilines is 2. The maximum atomic E-state index is 9.62. The summed E-state index contributed by atoms with van der Waals surface area (Å²) >= 11 is 0. The Bertz CT molecular complexity index is 435. The van der Waals surface area contributed by atoms with E-state index in [0.29, 0.717) is 11.8 Å². The van der Waals surface area contributed by atoms with Crippen LogP contribution in [0, 0.1) is 5.92 Å². The van der Waals surface area contributed by atoms with Gasteiger partial charge < -0.3 is 15.3 Å². The highest BCUT2D eigenvalue weighted by molar-refractivity contribution is 5.61. The first-order valence-electron chi connectivity index (χ1n) is 7.00. The molecule has 0 bridgehead atoms. The van der Waals surface area contributed by atoms with E-state index >= 15 is 0 Å². The van der Waals surface area contributed by atoms with Crippen LogP contribution in [0.15, 0.2) is 6.33 Å². The lowest BCUT2D eigenvalue weighted by atomic mass is 10.0. The summed E-state index contributed by atoms with van der Waals surface area (Å²) in [5, 5.41) is 12.8. The van der Waals surface area contributed by atoms with E-state index in [1.807, 2.05) is 7.05 Å². The fourth-order valence-electron chi connectivity index (χ4n) is 2.90. The summed E-state index contributed by atoms with van der Waals surface area (Å²) in [4.78, 5) is 11.0. The summed E-state index contributed by atoms with van der Waals surface area (Å²) in [6, 6.07) is 0.164. The molecule has 2 atom stereocenters. The molecule has 1 aliphatic heterocycles. The molecule has 2 N–H and O–H groups in total. The highest BCUT2D eigenvalue weighted by Crippen LogP contribution is 2.35. The molecular formula is C14H24N4O. The van der Waals surface area contributed by atoms with Crippen molar-refractivity contribution in [2.24, 2.45) is 5.92 Å². The third-order valence-corrected chi connectivity index (χ3v) is 4.02. The van der Waals surface area contributed by atoms with Gasteiger partial charge in [-0.15, -0.1) is 0 Å². The van der Waals surface area contributed by atoms with Crippen molar-refractivity contribution in [3.8, 4) is 0 Å². The Labute approximate surface area is 115 Å². The average molecular weight is 264 g/mol. The van der Waals surface area contributed by atoms with Gasteiger partial charge in [0.05, 0.1) is 12.6 Å². The number of aromatic nitrogens is 2. The molecule has 0 radical (unpaired) electrons. The Balaban J connectivity index is 2.44. The van der Waals surface area contributed by atoms with Crippen LogP contribution in [0.5, 0.6) is 0 Å². The van der Waals surface area contributed by atoms with E-state index in [1.54, 1.807) is 6.33 Å². The second-order valence-corrected chi connectivity index (χ2v) is 5.57. The molecule has 106 valence electrons. The van der Waals surface area contributed by atoms with Gasteiger partial charge in [0.1, 0.15) is 18.0 Å². The van der Waals surface area contributed by atoms with Gasteiger partial charge in [0.2, 0.25) is 0 Å². The summed E-state index contributed by atoms with van der Waals surface area (Å²) in [6.07, 6.45) is 2.70. The van der Waals surface area contributed by atoms with E-state index in [9.17, 15) is 5.11 Å². The molecule has 19 heavy (non-hydrogen) atoms. The Kier molecular flexibility index (Phi) is 4.24. The highest BCUT2D eigenvalue weighted by atomic mass is 16.3. The molecule has 1 aliphatic rings. The molecule has 1 aromatic rings. The summed E-state index contributed by atoms with van der Waals surface area (Å²) in [7, 11) is 1.88. The first-order valence-corrected chi connectivity index (χ1v) is 7.00. The maximum Gasteiger partial charge on any atom is 0.137 e. The van der Waals surface area contributed by atoms with Crippen LogP contribution in [0.25, 0.3) is 0 Å². The summed E-state index contributed by atoms with van der Waals surface area (Å²) in [5.41, 5.74) is 1.14. The summed E-state index contributed by atoms with van der Waals surface area (Å²) in [5.74, 6) is 2.70. The van der Waals surface area contributed by atoms with Crippen LogP contribution in [0.2, 0.25) is 0 Å². The van der Waals surface area contributed by atoms with Gasteiger partial charge in [-0.1, -0.05) is 20.8 Å². The molecule has 0 spiro atoms. The van der Waals surface area contributed by atoms with Crippen LogP contribution >= 0.6 is 0 Å². The van der Waals surface area contributed by atoms with Crippen molar-refractivity contribution in [2.75, 3.05) is 30.4 Å². The van der Waals surface area contributed by atoms with Crippen molar-refractivity contribution in [3.05, 3.63) is 11.9 Å². The number of rotatable bonds is 4. The van der Waals surface area contributed by atoms with Crippen LogP contribution in [0.3, 0.4) is 0 Å². The molecule has 2 heterocycles. The van der Waals surface area contributed by atoms with Crippen molar-refractivity contribution in [2.45, 2.75) is 39.2 Å². The summed E-state index contributed by atoms with van der Waals surface area (Å²) < 4.78 is 0. The normalized spacial score (nSPS) is 23.2. The number of hydrogen-bond donors (Lipinski definition) is 2. The van der Waals surface area contributed by atoms with Crippen LogP contribution in [0.1, 0.15) is 38.7 Å². The van der Waals surface area contributed by atoms with Gasteiger partial charge in [-0.25, -0.2) is 9.97 Å². The lowest BCUT2D eigenvalue weighted by Crippen LogP contribution is -2.36. The molecule has 0 aromatic carbocycles. The van der Waals surface area contributed by atoms with E-state index in [-0.39, 0.29) is 12.6 Å². The van der Waals surface area contributed by atoms with E-state index in [2.05, 4.69) is 41.0 Å². The van der Waals surface area contributed by atoms with Crippen LogP contribution in [-0.4, -0.2) is 41.3 Å². The minimum absolute atomic E-state index is 0.164. The monoisotopic (exact) mass is 264 g/mol. The molecule has 1 fully saturated rings. The molecule has 1 saturated heterocycles. The fourth-order valence-corrected chi connectivity index (χ4v) is 2.90. The third-order valence-electron chi connectivity index (χ3n) is 4.02. The molecule has 2 unspecified atom stereocenters. The zero-order chi connectivity index (χ0) is 14.0. The highest BCUT2D eigenvalue weighted by Gasteiger charge is 2.33. The molecule has 5 nitrogen and oxygen atoms in total. The smallest absolute Gasteiger partial charge is 0.137 e. The zero-order valence-electron chi connectivity index (χ0n) is 12.2. The fraction of sp³-hybridized carbons (Fsp3) is 0.714. The van der Waals surface area contributed by atoms with Crippen molar-refractivity contribution in [1.29, 1.82) is 0 Å². The molecule has 1 aromatic heterocycles. The number of aliphatic hydroxyl groups excluding tert-OH is 1. The van der Waals surface area contributed by atoms with Crippen LogP contribution in [0.4, 0.5) is 11.6 Å². The number of hydrogen-bond acceptors (Lipinski definition) is 5. The lowest BCUT2D eigenvalue weighted by molar-refractivity contribution is 0.244.